The summed E-state index contributed by atoms with van der Waals surface area (Å²) in [7, 11) is 0. The highest BCUT2D eigenvalue weighted by Crippen LogP contribution is 2.16. The number of carboxylic acid groups (broad SMARTS) is 1. The molecule has 0 saturated carbocycles. The van der Waals surface area contributed by atoms with Crippen LogP contribution in [0, 0.1) is 0 Å². The van der Waals surface area contributed by atoms with Crippen LogP contribution in [0.15, 0.2) is 30.8 Å². The van der Waals surface area contributed by atoms with E-state index in [4.69, 9.17) is 0 Å². The first kappa shape index (κ1) is 26.4. The standard InChI is InChI=1S/C16H36N.C9H8O2/c1-5-9-13-17(14-10-6-2,15-11-7-3)16-12-8-4;1-2-7-3-5-8(6-4-7)9(10)11/h5-16H2,1-4H3;2-6H,1H2,(H,10,11)/q+1;/p-1. The Balaban J connectivity index is 0.000000567. The zero-order valence-corrected chi connectivity index (χ0v) is 18.8. The van der Waals surface area contributed by atoms with Crippen molar-refractivity contribution in [2.45, 2.75) is 79.1 Å². The maximum atomic E-state index is 10.3. The number of aromatic carboxylic acids is 1. The Morgan fingerprint density at radius 1 is 0.821 bits per heavy atom. The molecule has 0 radical (unpaired) electrons. The van der Waals surface area contributed by atoms with Gasteiger partial charge in [0.1, 0.15) is 0 Å². The lowest BCUT2D eigenvalue weighted by Gasteiger charge is -2.39. The summed E-state index contributed by atoms with van der Waals surface area (Å²) in [4.78, 5) is 10.3. The fourth-order valence-electron chi connectivity index (χ4n) is 3.40. The van der Waals surface area contributed by atoms with E-state index in [0.717, 1.165) is 5.56 Å². The van der Waals surface area contributed by atoms with Crippen LogP contribution < -0.4 is 5.11 Å². The second-order valence-electron chi connectivity index (χ2n) is 7.76. The molecule has 0 heterocycles. The molecule has 0 amide bonds. The molecule has 0 aliphatic heterocycles. The van der Waals surface area contributed by atoms with Crippen LogP contribution in [0.3, 0.4) is 0 Å². The van der Waals surface area contributed by atoms with Crippen molar-refractivity contribution in [3.8, 4) is 0 Å². The van der Waals surface area contributed by atoms with Crippen molar-refractivity contribution in [1.82, 2.24) is 0 Å². The summed E-state index contributed by atoms with van der Waals surface area (Å²) >= 11 is 0. The largest absolute Gasteiger partial charge is 0.545 e. The van der Waals surface area contributed by atoms with Crippen molar-refractivity contribution in [1.29, 1.82) is 0 Å². The van der Waals surface area contributed by atoms with Gasteiger partial charge in [-0.1, -0.05) is 90.3 Å². The Kier molecular flexibility index (Phi) is 15.4. The molecule has 0 spiro atoms. The van der Waals surface area contributed by atoms with Gasteiger partial charge in [-0.2, -0.15) is 0 Å². The summed E-state index contributed by atoms with van der Waals surface area (Å²) < 4.78 is 1.42. The molecule has 1 rings (SSSR count). The number of hydrogen-bond donors (Lipinski definition) is 0. The molecular formula is C25H43NO2. The Hall–Kier alpha value is -1.61. The second kappa shape index (κ2) is 16.4. The first-order valence-electron chi connectivity index (χ1n) is 11.3. The summed E-state index contributed by atoms with van der Waals surface area (Å²) in [5.41, 5.74) is 1.09. The minimum absolute atomic E-state index is 0.190. The van der Waals surface area contributed by atoms with Crippen LogP contribution >= 0.6 is 0 Å². The Bertz CT molecular complexity index is 484. The Morgan fingerprint density at radius 2 is 1.18 bits per heavy atom. The van der Waals surface area contributed by atoms with Crippen molar-refractivity contribution >= 4 is 12.0 Å². The molecule has 3 nitrogen and oxygen atoms in total. The van der Waals surface area contributed by atoms with Gasteiger partial charge in [-0.15, -0.1) is 0 Å². The maximum Gasteiger partial charge on any atom is 0.0786 e. The first-order valence-corrected chi connectivity index (χ1v) is 11.3. The van der Waals surface area contributed by atoms with E-state index in [1.807, 2.05) is 0 Å². The number of carbonyl (C=O) groups is 1. The molecule has 0 unspecified atom stereocenters. The van der Waals surface area contributed by atoms with Crippen LogP contribution in [0.4, 0.5) is 0 Å². The topological polar surface area (TPSA) is 40.1 Å². The highest BCUT2D eigenvalue weighted by molar-refractivity contribution is 5.85. The number of carbonyl (C=O) groups excluding carboxylic acids is 1. The molecule has 3 heteroatoms. The second-order valence-corrected chi connectivity index (χ2v) is 7.76. The Morgan fingerprint density at radius 3 is 1.43 bits per heavy atom. The predicted molar refractivity (Wildman–Crippen MR) is 120 cm³/mol. The molecular weight excluding hydrogens is 346 g/mol. The fraction of sp³-hybridized carbons (Fsp3) is 0.640. The molecule has 160 valence electrons. The molecule has 0 aromatic heterocycles. The Labute approximate surface area is 174 Å². The van der Waals surface area contributed by atoms with Crippen LogP contribution in [0.5, 0.6) is 0 Å². The van der Waals surface area contributed by atoms with E-state index in [9.17, 15) is 9.90 Å². The van der Waals surface area contributed by atoms with Crippen LogP contribution in [0.2, 0.25) is 0 Å². The fourth-order valence-corrected chi connectivity index (χ4v) is 3.40. The molecule has 1 aromatic carbocycles. The third-order valence-electron chi connectivity index (χ3n) is 5.33. The molecule has 0 aliphatic rings. The van der Waals surface area contributed by atoms with Gasteiger partial charge in [0, 0.05) is 0 Å². The van der Waals surface area contributed by atoms with E-state index in [-0.39, 0.29) is 5.56 Å². The van der Waals surface area contributed by atoms with E-state index >= 15 is 0 Å². The molecule has 0 bridgehead atoms. The van der Waals surface area contributed by atoms with Gasteiger partial charge in [-0.05, 0) is 36.8 Å². The maximum absolute atomic E-state index is 10.3. The van der Waals surface area contributed by atoms with Gasteiger partial charge in [0.05, 0.1) is 32.1 Å². The van der Waals surface area contributed by atoms with Crippen LogP contribution in [0.25, 0.3) is 6.08 Å². The van der Waals surface area contributed by atoms with E-state index < -0.39 is 5.97 Å². The highest BCUT2D eigenvalue weighted by atomic mass is 16.4. The molecule has 28 heavy (non-hydrogen) atoms. The van der Waals surface area contributed by atoms with Crippen molar-refractivity contribution in [3.63, 3.8) is 0 Å². The summed E-state index contributed by atoms with van der Waals surface area (Å²) in [6.07, 6.45) is 12.7. The summed E-state index contributed by atoms with van der Waals surface area (Å²) in [6, 6.07) is 6.34. The smallest absolute Gasteiger partial charge is 0.0786 e. The number of quaternary nitrogens is 1. The summed E-state index contributed by atoms with van der Waals surface area (Å²) in [5.74, 6) is -1.15. The van der Waals surface area contributed by atoms with Gasteiger partial charge < -0.3 is 14.4 Å². The number of benzene rings is 1. The summed E-state index contributed by atoms with van der Waals surface area (Å²) in [6.45, 7) is 18.6. The van der Waals surface area contributed by atoms with Crippen molar-refractivity contribution in [2.24, 2.45) is 0 Å². The third-order valence-corrected chi connectivity index (χ3v) is 5.33. The minimum atomic E-state index is -1.15. The van der Waals surface area contributed by atoms with Crippen LogP contribution in [-0.4, -0.2) is 36.6 Å². The summed E-state index contributed by atoms with van der Waals surface area (Å²) in [5, 5.41) is 10.3. The van der Waals surface area contributed by atoms with E-state index in [2.05, 4.69) is 34.3 Å². The zero-order valence-electron chi connectivity index (χ0n) is 18.8. The molecule has 0 N–H and O–H groups in total. The van der Waals surface area contributed by atoms with Gasteiger partial charge in [-0.25, -0.2) is 0 Å². The third kappa shape index (κ3) is 11.3. The minimum Gasteiger partial charge on any atom is -0.545 e. The molecule has 0 aliphatic carbocycles. The quantitative estimate of drug-likeness (QED) is 0.383. The van der Waals surface area contributed by atoms with Crippen molar-refractivity contribution < 1.29 is 14.4 Å². The SMILES string of the molecule is C=Cc1ccc(C(=O)[O-])cc1.CCCC[N+](CCCC)(CCCC)CCCC. The van der Waals surface area contributed by atoms with Gasteiger partial charge in [0.25, 0.3) is 0 Å². The van der Waals surface area contributed by atoms with E-state index in [0.29, 0.717) is 0 Å². The lowest BCUT2D eigenvalue weighted by molar-refractivity contribution is -0.929. The first-order chi connectivity index (χ1) is 13.5. The van der Waals surface area contributed by atoms with Gasteiger partial charge in [0.2, 0.25) is 0 Å². The van der Waals surface area contributed by atoms with Gasteiger partial charge >= 0.3 is 0 Å². The monoisotopic (exact) mass is 389 g/mol. The molecule has 0 fully saturated rings. The number of rotatable bonds is 14. The number of unbranched alkanes of at least 4 members (excludes halogenated alkanes) is 4. The van der Waals surface area contributed by atoms with Gasteiger partial charge in [-0.3, -0.25) is 0 Å². The van der Waals surface area contributed by atoms with Crippen molar-refractivity contribution in [2.75, 3.05) is 26.2 Å². The molecule has 0 atom stereocenters. The highest BCUT2D eigenvalue weighted by Gasteiger charge is 2.24. The number of nitrogens with zero attached hydrogens (tertiary/aromatic N) is 1. The van der Waals surface area contributed by atoms with Gasteiger partial charge in [0.15, 0.2) is 0 Å². The van der Waals surface area contributed by atoms with Crippen molar-refractivity contribution in [3.05, 3.63) is 42.0 Å². The van der Waals surface area contributed by atoms with Crippen LogP contribution in [0.1, 0.15) is 95.0 Å². The van der Waals surface area contributed by atoms with Crippen LogP contribution in [-0.2, 0) is 0 Å². The van der Waals surface area contributed by atoms with E-state index in [1.165, 1.54) is 94.2 Å². The predicted octanol–water partition coefficient (Wildman–Crippen LogP) is 5.70. The average molecular weight is 390 g/mol. The number of hydrogen-bond acceptors (Lipinski definition) is 2. The lowest BCUT2D eigenvalue weighted by atomic mass is 10.1. The lowest BCUT2D eigenvalue weighted by Crippen LogP contribution is -2.50. The van der Waals surface area contributed by atoms with E-state index in [1.54, 1.807) is 18.2 Å². The normalized spacial score (nSPS) is 10.9. The number of carboxylic acids is 1. The zero-order chi connectivity index (χ0) is 21.3. The molecule has 0 saturated heterocycles. The average Bonchev–Trinajstić information content (AvgIpc) is 2.73. The molecule has 1 aromatic rings.